The van der Waals surface area contributed by atoms with Crippen molar-refractivity contribution in [1.29, 1.82) is 0 Å². The fourth-order valence-corrected chi connectivity index (χ4v) is 2.63. The van der Waals surface area contributed by atoms with Crippen LogP contribution in [0.1, 0.15) is 38.1 Å². The normalized spacial score (nSPS) is 13.8. The molecular weight excluding hydrogens is 250 g/mol. The Morgan fingerprint density at radius 2 is 2.00 bits per heavy atom. The molecule has 0 radical (unpaired) electrons. The number of methoxy groups -OCH3 is 1. The number of rotatable bonds is 5. The maximum atomic E-state index is 6.01. The highest BCUT2D eigenvalue weighted by Crippen LogP contribution is 2.35. The molecular formula is C17H25NO2. The van der Waals surface area contributed by atoms with Gasteiger partial charge in [-0.05, 0) is 42.6 Å². The molecule has 2 aromatic rings. The van der Waals surface area contributed by atoms with Crippen molar-refractivity contribution in [1.82, 2.24) is 5.32 Å². The van der Waals surface area contributed by atoms with Crippen LogP contribution < -0.4 is 5.32 Å². The summed E-state index contributed by atoms with van der Waals surface area (Å²) >= 11 is 0. The Labute approximate surface area is 121 Å². The van der Waals surface area contributed by atoms with Gasteiger partial charge in [-0.15, -0.1) is 0 Å². The number of ether oxygens (including phenoxy) is 1. The molecule has 0 bridgehead atoms. The third-order valence-electron chi connectivity index (χ3n) is 3.63. The van der Waals surface area contributed by atoms with Crippen LogP contribution in [-0.4, -0.2) is 20.8 Å². The topological polar surface area (TPSA) is 34.4 Å². The average molecular weight is 275 g/mol. The second-order valence-corrected chi connectivity index (χ2v) is 6.35. The van der Waals surface area contributed by atoms with Crippen LogP contribution in [0.15, 0.2) is 28.7 Å². The van der Waals surface area contributed by atoms with Crippen LogP contribution in [0, 0.1) is 5.41 Å². The summed E-state index contributed by atoms with van der Waals surface area (Å²) < 4.78 is 11.1. The van der Waals surface area contributed by atoms with Gasteiger partial charge in [-0.25, -0.2) is 0 Å². The molecule has 1 unspecified atom stereocenters. The Morgan fingerprint density at radius 1 is 1.25 bits per heavy atom. The fraction of sp³-hybridized carbons (Fsp3) is 0.529. The van der Waals surface area contributed by atoms with Gasteiger partial charge in [-0.3, -0.25) is 0 Å². The molecule has 3 heteroatoms. The second-order valence-electron chi connectivity index (χ2n) is 6.35. The molecule has 0 aliphatic rings. The number of nitrogens with one attached hydrogen (secondary N) is 1. The summed E-state index contributed by atoms with van der Waals surface area (Å²) in [5.41, 5.74) is 2.34. The molecule has 0 aliphatic carbocycles. The Kier molecular flexibility index (Phi) is 4.51. The van der Waals surface area contributed by atoms with Gasteiger partial charge in [0.05, 0.1) is 12.6 Å². The molecule has 0 spiro atoms. The number of hydrogen-bond acceptors (Lipinski definition) is 3. The van der Waals surface area contributed by atoms with Crippen LogP contribution in [0.3, 0.4) is 0 Å². The zero-order valence-electron chi connectivity index (χ0n) is 13.1. The molecule has 1 aromatic carbocycles. The first-order valence-electron chi connectivity index (χ1n) is 7.14. The van der Waals surface area contributed by atoms with Crippen molar-refractivity contribution in [3.8, 4) is 0 Å². The first kappa shape index (κ1) is 15.1. The van der Waals surface area contributed by atoms with Crippen LogP contribution >= 0.6 is 0 Å². The quantitative estimate of drug-likeness (QED) is 0.898. The summed E-state index contributed by atoms with van der Waals surface area (Å²) in [6.07, 6.45) is 0.932. The minimum atomic E-state index is 0.113. The van der Waals surface area contributed by atoms with Gasteiger partial charge in [-0.1, -0.05) is 26.8 Å². The van der Waals surface area contributed by atoms with Crippen LogP contribution in [0.25, 0.3) is 11.0 Å². The molecule has 1 aromatic heterocycles. The lowest BCUT2D eigenvalue weighted by atomic mass is 9.85. The van der Waals surface area contributed by atoms with Crippen molar-refractivity contribution in [3.05, 3.63) is 35.6 Å². The molecule has 110 valence electrons. The summed E-state index contributed by atoms with van der Waals surface area (Å²) in [5, 5.41) is 4.52. The lowest BCUT2D eigenvalue weighted by molar-refractivity contribution is 0.202. The van der Waals surface area contributed by atoms with Gasteiger partial charge in [0, 0.05) is 12.5 Å². The third-order valence-corrected chi connectivity index (χ3v) is 3.63. The van der Waals surface area contributed by atoms with Crippen molar-refractivity contribution >= 4 is 11.0 Å². The van der Waals surface area contributed by atoms with Gasteiger partial charge in [0.1, 0.15) is 11.3 Å². The summed E-state index contributed by atoms with van der Waals surface area (Å²) in [6.45, 7) is 7.39. The van der Waals surface area contributed by atoms with E-state index in [-0.39, 0.29) is 11.5 Å². The molecule has 3 nitrogen and oxygen atoms in total. The van der Waals surface area contributed by atoms with E-state index in [9.17, 15) is 0 Å². The van der Waals surface area contributed by atoms with E-state index < -0.39 is 0 Å². The van der Waals surface area contributed by atoms with E-state index in [0.717, 1.165) is 29.8 Å². The van der Waals surface area contributed by atoms with Crippen molar-refractivity contribution in [2.45, 2.75) is 33.2 Å². The Morgan fingerprint density at radius 3 is 2.60 bits per heavy atom. The smallest absolute Gasteiger partial charge is 0.134 e. The lowest BCUT2D eigenvalue weighted by Gasteiger charge is -2.28. The minimum absolute atomic E-state index is 0.113. The zero-order valence-corrected chi connectivity index (χ0v) is 13.1. The van der Waals surface area contributed by atoms with E-state index in [2.05, 4.69) is 50.4 Å². The molecule has 1 N–H and O–H groups in total. The number of hydrogen-bond donors (Lipinski definition) is 1. The predicted molar refractivity (Wildman–Crippen MR) is 83.0 cm³/mol. The molecule has 2 rings (SSSR count). The standard InChI is InChI=1S/C17H25NO2/c1-17(2,3)16(18-4)15-11-13-10-12(8-9-19-5)6-7-14(13)20-15/h6-7,10-11,16,18H,8-9H2,1-5H3. The lowest BCUT2D eigenvalue weighted by Crippen LogP contribution is -2.29. The van der Waals surface area contributed by atoms with Crippen molar-refractivity contribution in [2.75, 3.05) is 20.8 Å². The maximum absolute atomic E-state index is 6.01. The average Bonchev–Trinajstić information content (AvgIpc) is 2.77. The molecule has 0 fully saturated rings. The first-order valence-corrected chi connectivity index (χ1v) is 7.14. The largest absolute Gasteiger partial charge is 0.459 e. The van der Waals surface area contributed by atoms with Crippen LogP contribution in [0.4, 0.5) is 0 Å². The van der Waals surface area contributed by atoms with Gasteiger partial charge in [0.15, 0.2) is 0 Å². The minimum Gasteiger partial charge on any atom is -0.459 e. The summed E-state index contributed by atoms with van der Waals surface area (Å²) in [7, 11) is 3.71. The van der Waals surface area contributed by atoms with Gasteiger partial charge < -0.3 is 14.5 Å². The van der Waals surface area contributed by atoms with Crippen molar-refractivity contribution < 1.29 is 9.15 Å². The Hall–Kier alpha value is -1.32. The first-order chi connectivity index (χ1) is 9.45. The van der Waals surface area contributed by atoms with Gasteiger partial charge >= 0.3 is 0 Å². The molecule has 0 aliphatic heterocycles. The van der Waals surface area contributed by atoms with E-state index >= 15 is 0 Å². The van der Waals surface area contributed by atoms with E-state index in [1.165, 1.54) is 5.56 Å². The number of furan rings is 1. The highest BCUT2D eigenvalue weighted by molar-refractivity contribution is 5.78. The van der Waals surface area contributed by atoms with E-state index in [0.29, 0.717) is 0 Å². The van der Waals surface area contributed by atoms with Gasteiger partial charge in [-0.2, -0.15) is 0 Å². The van der Waals surface area contributed by atoms with Crippen molar-refractivity contribution in [2.24, 2.45) is 5.41 Å². The number of benzene rings is 1. The molecule has 1 heterocycles. The monoisotopic (exact) mass is 275 g/mol. The van der Waals surface area contributed by atoms with Gasteiger partial charge in [0.25, 0.3) is 0 Å². The predicted octanol–water partition coefficient (Wildman–Crippen LogP) is 3.93. The SMILES string of the molecule is CNC(c1cc2cc(CCOC)ccc2o1)C(C)(C)C. The molecule has 0 amide bonds. The summed E-state index contributed by atoms with van der Waals surface area (Å²) in [6, 6.07) is 8.71. The van der Waals surface area contributed by atoms with E-state index in [4.69, 9.17) is 9.15 Å². The van der Waals surface area contributed by atoms with Crippen LogP contribution in [-0.2, 0) is 11.2 Å². The molecule has 0 saturated carbocycles. The molecule has 0 saturated heterocycles. The second kappa shape index (κ2) is 5.98. The Bertz CT molecular complexity index is 566. The maximum Gasteiger partial charge on any atom is 0.134 e. The highest BCUT2D eigenvalue weighted by Gasteiger charge is 2.27. The van der Waals surface area contributed by atoms with E-state index in [1.807, 2.05) is 7.05 Å². The van der Waals surface area contributed by atoms with Gasteiger partial charge in [0.2, 0.25) is 0 Å². The molecule has 20 heavy (non-hydrogen) atoms. The van der Waals surface area contributed by atoms with Crippen molar-refractivity contribution in [3.63, 3.8) is 0 Å². The van der Waals surface area contributed by atoms with Crippen LogP contribution in [0.5, 0.6) is 0 Å². The summed E-state index contributed by atoms with van der Waals surface area (Å²) in [5.74, 6) is 0.999. The van der Waals surface area contributed by atoms with E-state index in [1.54, 1.807) is 7.11 Å². The molecule has 1 atom stereocenters. The number of fused-ring (bicyclic) bond motifs is 1. The third kappa shape index (κ3) is 3.22. The Balaban J connectivity index is 2.33. The summed E-state index contributed by atoms with van der Waals surface area (Å²) in [4.78, 5) is 0. The fourth-order valence-electron chi connectivity index (χ4n) is 2.63. The zero-order chi connectivity index (χ0) is 14.8. The highest BCUT2D eigenvalue weighted by atomic mass is 16.5. The van der Waals surface area contributed by atoms with Crippen LogP contribution in [0.2, 0.25) is 0 Å².